The normalized spacial score (nSPS) is 9.36. The molecule has 0 aliphatic carbocycles. The molecule has 0 aliphatic heterocycles. The minimum absolute atomic E-state index is 0.701. The zero-order chi connectivity index (χ0) is 8.27. The fourth-order valence-electron chi connectivity index (χ4n) is 0.860. The fraction of sp³-hybridized carbons (Fsp3) is 0.333. The third-order valence-corrected chi connectivity index (χ3v) is 1.50. The zero-order valence-corrected chi connectivity index (χ0v) is 6.97. The molecule has 0 atom stereocenters. The van der Waals surface area contributed by atoms with Crippen LogP contribution in [0, 0.1) is 13.0 Å². The van der Waals surface area contributed by atoms with Gasteiger partial charge in [-0.15, -0.1) is 0 Å². The van der Waals surface area contributed by atoms with Crippen LogP contribution in [-0.2, 0) is 0 Å². The van der Waals surface area contributed by atoms with E-state index in [-0.39, 0.29) is 0 Å². The monoisotopic (exact) mass is 151 g/mol. The predicted molar refractivity (Wildman–Crippen MR) is 43.1 cm³/mol. The first kappa shape index (κ1) is 7.92. The second-order valence-corrected chi connectivity index (χ2v) is 2.24. The average Bonchev–Trinajstić information content (AvgIpc) is 2.05. The molecule has 0 aliphatic rings. The van der Waals surface area contributed by atoms with E-state index >= 15 is 0 Å². The Hall–Kier alpha value is -1.18. The number of ether oxygens (including phenoxy) is 2. The first-order chi connectivity index (χ1) is 5.27. The molecular formula is C9H11O2. The first-order valence-corrected chi connectivity index (χ1v) is 3.39. The largest absolute Gasteiger partial charge is 0.496 e. The van der Waals surface area contributed by atoms with Gasteiger partial charge in [0.2, 0.25) is 0 Å². The maximum absolute atomic E-state index is 5.05. The Bertz CT molecular complexity index is 243. The molecule has 59 valence electrons. The van der Waals surface area contributed by atoms with Crippen LogP contribution < -0.4 is 9.47 Å². The predicted octanol–water partition coefficient (Wildman–Crippen LogP) is 1.81. The van der Waals surface area contributed by atoms with Crippen molar-refractivity contribution in [1.82, 2.24) is 0 Å². The Morgan fingerprint density at radius 3 is 2.45 bits per heavy atom. The van der Waals surface area contributed by atoms with E-state index in [0.717, 1.165) is 11.3 Å². The number of rotatable bonds is 2. The van der Waals surface area contributed by atoms with Gasteiger partial charge in [0.1, 0.15) is 11.5 Å². The lowest BCUT2D eigenvalue weighted by molar-refractivity contribution is 0.390. The standard InChI is InChI=1S/C9H11O2/c1-7-4-5-8(10-2)6-9(7)11-3/h4-5H,1-3H3. The van der Waals surface area contributed by atoms with Crippen LogP contribution in [0.2, 0.25) is 0 Å². The summed E-state index contributed by atoms with van der Waals surface area (Å²) < 4.78 is 10.0. The van der Waals surface area contributed by atoms with E-state index in [1.165, 1.54) is 0 Å². The molecule has 0 heterocycles. The van der Waals surface area contributed by atoms with Crippen molar-refractivity contribution >= 4 is 0 Å². The van der Waals surface area contributed by atoms with E-state index < -0.39 is 0 Å². The van der Waals surface area contributed by atoms with E-state index in [1.807, 2.05) is 19.1 Å². The second-order valence-electron chi connectivity index (χ2n) is 2.24. The Morgan fingerprint density at radius 2 is 1.91 bits per heavy atom. The van der Waals surface area contributed by atoms with Crippen LogP contribution in [0.15, 0.2) is 12.1 Å². The van der Waals surface area contributed by atoms with E-state index in [9.17, 15) is 0 Å². The highest BCUT2D eigenvalue weighted by Crippen LogP contribution is 2.21. The molecule has 11 heavy (non-hydrogen) atoms. The topological polar surface area (TPSA) is 18.5 Å². The average molecular weight is 151 g/mol. The van der Waals surface area contributed by atoms with Gasteiger partial charge in [-0.05, 0) is 18.6 Å². The van der Waals surface area contributed by atoms with Gasteiger partial charge in [-0.25, -0.2) is 0 Å². The van der Waals surface area contributed by atoms with Gasteiger partial charge in [-0.2, -0.15) is 0 Å². The SMILES string of the molecule is COc1[c]c(OC)c(C)cc1. The summed E-state index contributed by atoms with van der Waals surface area (Å²) in [5.74, 6) is 1.44. The van der Waals surface area contributed by atoms with Crippen molar-refractivity contribution in [3.63, 3.8) is 0 Å². The minimum atomic E-state index is 0.701. The Kier molecular flexibility index (Phi) is 2.36. The molecule has 0 N–H and O–H groups in total. The molecule has 0 spiro atoms. The highest BCUT2D eigenvalue weighted by molar-refractivity contribution is 5.38. The van der Waals surface area contributed by atoms with Crippen LogP contribution >= 0.6 is 0 Å². The Morgan fingerprint density at radius 1 is 1.18 bits per heavy atom. The lowest BCUT2D eigenvalue weighted by Gasteiger charge is -2.05. The summed E-state index contributed by atoms with van der Waals surface area (Å²) in [5, 5.41) is 0. The highest BCUT2D eigenvalue weighted by Gasteiger charge is 1.99. The number of methoxy groups -OCH3 is 2. The summed E-state index contributed by atoms with van der Waals surface area (Å²) in [4.78, 5) is 0. The van der Waals surface area contributed by atoms with Crippen LogP contribution in [0.4, 0.5) is 0 Å². The molecule has 0 amide bonds. The quantitative estimate of drug-likeness (QED) is 0.641. The molecule has 1 radical (unpaired) electrons. The number of aryl methyl sites for hydroxylation is 1. The molecule has 0 saturated carbocycles. The third-order valence-electron chi connectivity index (χ3n) is 1.50. The number of benzene rings is 1. The van der Waals surface area contributed by atoms with Gasteiger partial charge < -0.3 is 9.47 Å². The van der Waals surface area contributed by atoms with E-state index in [4.69, 9.17) is 9.47 Å². The van der Waals surface area contributed by atoms with Gasteiger partial charge in [-0.3, -0.25) is 0 Å². The second kappa shape index (κ2) is 3.28. The van der Waals surface area contributed by atoms with Gasteiger partial charge in [0.25, 0.3) is 0 Å². The van der Waals surface area contributed by atoms with Crippen LogP contribution in [0.3, 0.4) is 0 Å². The highest BCUT2D eigenvalue weighted by atomic mass is 16.5. The lowest BCUT2D eigenvalue weighted by atomic mass is 10.2. The van der Waals surface area contributed by atoms with Crippen LogP contribution in [0.25, 0.3) is 0 Å². The maximum Gasteiger partial charge on any atom is 0.133 e. The molecule has 1 aromatic rings. The molecule has 0 fully saturated rings. The fourth-order valence-corrected chi connectivity index (χ4v) is 0.860. The van der Waals surface area contributed by atoms with Gasteiger partial charge in [0, 0.05) is 0 Å². The van der Waals surface area contributed by atoms with Crippen molar-refractivity contribution in [2.24, 2.45) is 0 Å². The lowest BCUT2D eigenvalue weighted by Crippen LogP contribution is -1.89. The molecule has 1 aromatic carbocycles. The van der Waals surface area contributed by atoms with Crippen LogP contribution in [0.5, 0.6) is 11.5 Å². The summed E-state index contributed by atoms with van der Waals surface area (Å²) in [6, 6.07) is 6.77. The summed E-state index contributed by atoms with van der Waals surface area (Å²) in [5.41, 5.74) is 1.06. The third kappa shape index (κ3) is 1.64. The molecule has 2 heteroatoms. The van der Waals surface area contributed by atoms with Crippen molar-refractivity contribution in [2.75, 3.05) is 14.2 Å². The zero-order valence-electron chi connectivity index (χ0n) is 6.97. The summed E-state index contributed by atoms with van der Waals surface area (Å²) in [6.45, 7) is 1.97. The van der Waals surface area contributed by atoms with Crippen molar-refractivity contribution < 1.29 is 9.47 Å². The number of hydrogen-bond acceptors (Lipinski definition) is 2. The van der Waals surface area contributed by atoms with Crippen LogP contribution in [-0.4, -0.2) is 14.2 Å². The smallest absolute Gasteiger partial charge is 0.133 e. The molecular weight excluding hydrogens is 140 g/mol. The van der Waals surface area contributed by atoms with Gasteiger partial charge in [0.15, 0.2) is 0 Å². The molecule has 0 bridgehead atoms. The summed E-state index contributed by atoms with van der Waals surface area (Å²) in [6.07, 6.45) is 0. The Labute approximate surface area is 66.8 Å². The molecule has 0 aromatic heterocycles. The van der Waals surface area contributed by atoms with E-state index in [2.05, 4.69) is 6.07 Å². The van der Waals surface area contributed by atoms with Crippen LogP contribution in [0.1, 0.15) is 5.56 Å². The van der Waals surface area contributed by atoms with Crippen molar-refractivity contribution in [1.29, 1.82) is 0 Å². The summed E-state index contributed by atoms with van der Waals surface area (Å²) in [7, 11) is 3.24. The van der Waals surface area contributed by atoms with Crippen molar-refractivity contribution in [2.45, 2.75) is 6.92 Å². The molecule has 1 rings (SSSR count). The summed E-state index contributed by atoms with van der Waals surface area (Å²) >= 11 is 0. The molecule has 0 unspecified atom stereocenters. The first-order valence-electron chi connectivity index (χ1n) is 3.39. The van der Waals surface area contributed by atoms with Gasteiger partial charge in [0.05, 0.1) is 20.3 Å². The van der Waals surface area contributed by atoms with E-state index in [1.54, 1.807) is 14.2 Å². The Balaban J connectivity index is 3.02. The maximum atomic E-state index is 5.05. The van der Waals surface area contributed by atoms with Gasteiger partial charge >= 0.3 is 0 Å². The molecule has 0 saturated heterocycles. The van der Waals surface area contributed by atoms with E-state index in [0.29, 0.717) is 5.75 Å². The van der Waals surface area contributed by atoms with Crippen molar-refractivity contribution in [3.05, 3.63) is 23.8 Å². The minimum Gasteiger partial charge on any atom is -0.496 e. The van der Waals surface area contributed by atoms with Gasteiger partial charge in [-0.1, -0.05) is 6.07 Å². The van der Waals surface area contributed by atoms with Crippen molar-refractivity contribution in [3.8, 4) is 11.5 Å². The number of hydrogen-bond donors (Lipinski definition) is 0. The molecule has 2 nitrogen and oxygen atoms in total.